The van der Waals surface area contributed by atoms with E-state index < -0.39 is 0 Å². The molecule has 1 aromatic heterocycles. The number of aromatic nitrogens is 1. The Morgan fingerprint density at radius 1 is 1.05 bits per heavy atom. The van der Waals surface area contributed by atoms with Gasteiger partial charge >= 0.3 is 0 Å². The zero-order valence-corrected chi connectivity index (χ0v) is 13.7. The predicted molar refractivity (Wildman–Crippen MR) is 93.7 cm³/mol. The van der Waals surface area contributed by atoms with E-state index in [1.165, 1.54) is 16.5 Å². The standard InChI is InChI=1S/C19H19ClN2/c1-14-12-19(21-18-13-16(20)8-9-17(14)18)22(2)11-10-15-6-4-3-5-7-15/h3-9,12-13H,10-11H2,1-2H3/p+1. The molecule has 0 aliphatic heterocycles. The van der Waals surface area contributed by atoms with Crippen molar-refractivity contribution >= 4 is 28.3 Å². The highest BCUT2D eigenvalue weighted by molar-refractivity contribution is 6.31. The van der Waals surface area contributed by atoms with Crippen LogP contribution in [0, 0.1) is 6.92 Å². The summed E-state index contributed by atoms with van der Waals surface area (Å²) in [5.41, 5.74) is 3.69. The quantitative estimate of drug-likeness (QED) is 0.702. The van der Waals surface area contributed by atoms with Crippen LogP contribution in [0.1, 0.15) is 11.1 Å². The highest BCUT2D eigenvalue weighted by Gasteiger charge is 2.13. The number of anilines is 1. The molecule has 1 heterocycles. The fourth-order valence-electron chi connectivity index (χ4n) is 2.69. The van der Waals surface area contributed by atoms with Crippen molar-refractivity contribution < 1.29 is 4.98 Å². The van der Waals surface area contributed by atoms with Crippen molar-refractivity contribution in [3.05, 3.63) is 70.7 Å². The Morgan fingerprint density at radius 2 is 1.82 bits per heavy atom. The number of rotatable bonds is 4. The summed E-state index contributed by atoms with van der Waals surface area (Å²) < 4.78 is 0. The number of aromatic amines is 1. The van der Waals surface area contributed by atoms with E-state index in [9.17, 15) is 0 Å². The molecule has 0 saturated heterocycles. The number of fused-ring (bicyclic) bond motifs is 1. The second kappa shape index (κ2) is 6.37. The summed E-state index contributed by atoms with van der Waals surface area (Å²) in [4.78, 5) is 5.74. The van der Waals surface area contributed by atoms with Crippen LogP contribution in [-0.4, -0.2) is 13.6 Å². The lowest BCUT2D eigenvalue weighted by Gasteiger charge is -2.13. The highest BCUT2D eigenvalue weighted by atomic mass is 35.5. The van der Waals surface area contributed by atoms with Crippen LogP contribution >= 0.6 is 11.6 Å². The smallest absolute Gasteiger partial charge is 0.264 e. The molecule has 112 valence electrons. The minimum atomic E-state index is 0.757. The molecule has 3 aromatic rings. The largest absolute Gasteiger partial charge is 0.274 e. The van der Waals surface area contributed by atoms with Gasteiger partial charge in [0.05, 0.1) is 13.6 Å². The number of aryl methyl sites for hydroxylation is 1. The number of pyridine rings is 1. The van der Waals surface area contributed by atoms with Gasteiger partial charge in [-0.25, -0.2) is 4.98 Å². The van der Waals surface area contributed by atoms with Crippen LogP contribution in [-0.2, 0) is 6.42 Å². The van der Waals surface area contributed by atoms with E-state index in [2.05, 4.69) is 66.3 Å². The topological polar surface area (TPSA) is 17.4 Å². The molecule has 0 saturated carbocycles. The first-order chi connectivity index (χ1) is 10.6. The third-order valence-corrected chi connectivity index (χ3v) is 4.25. The zero-order valence-electron chi connectivity index (χ0n) is 12.9. The van der Waals surface area contributed by atoms with Gasteiger partial charge in [0.25, 0.3) is 5.82 Å². The van der Waals surface area contributed by atoms with E-state index in [4.69, 9.17) is 11.6 Å². The molecule has 2 aromatic carbocycles. The number of H-pyrrole nitrogens is 1. The minimum Gasteiger partial charge on any atom is -0.264 e. The van der Waals surface area contributed by atoms with Crippen LogP contribution in [0.5, 0.6) is 0 Å². The number of halogens is 1. The van der Waals surface area contributed by atoms with Gasteiger partial charge in [-0.3, -0.25) is 4.90 Å². The van der Waals surface area contributed by atoms with E-state index in [1.54, 1.807) is 0 Å². The van der Waals surface area contributed by atoms with Crippen molar-refractivity contribution in [3.8, 4) is 0 Å². The maximum Gasteiger partial charge on any atom is 0.274 e. The molecule has 1 N–H and O–H groups in total. The van der Waals surface area contributed by atoms with Gasteiger partial charge in [0.1, 0.15) is 5.52 Å². The number of nitrogens with zero attached hydrogens (tertiary/aromatic N) is 1. The average Bonchev–Trinajstić information content (AvgIpc) is 2.53. The number of hydrogen-bond donors (Lipinski definition) is 0. The molecule has 22 heavy (non-hydrogen) atoms. The fourth-order valence-corrected chi connectivity index (χ4v) is 2.86. The summed E-state index contributed by atoms with van der Waals surface area (Å²) in [5, 5.41) is 1.97. The number of hydrogen-bond acceptors (Lipinski definition) is 1. The first-order valence-corrected chi connectivity index (χ1v) is 7.88. The molecule has 0 fully saturated rings. The number of likely N-dealkylation sites (N-methyl/N-ethyl adjacent to an activating group) is 1. The van der Waals surface area contributed by atoms with Crippen LogP contribution in [0.3, 0.4) is 0 Å². The number of nitrogens with one attached hydrogen (secondary N) is 1. The Bertz CT molecular complexity index is 784. The second-order valence-electron chi connectivity index (χ2n) is 5.68. The SMILES string of the molecule is Cc1cc(N(C)CCc2ccccc2)[nH+]c2cc(Cl)ccc12. The van der Waals surface area contributed by atoms with Gasteiger partial charge in [0.15, 0.2) is 0 Å². The van der Waals surface area contributed by atoms with Gasteiger partial charge in [0, 0.05) is 29.0 Å². The lowest BCUT2D eigenvalue weighted by molar-refractivity contribution is -0.330. The summed E-state index contributed by atoms with van der Waals surface area (Å²) in [6.45, 7) is 3.10. The third kappa shape index (κ3) is 3.23. The Kier molecular flexibility index (Phi) is 4.30. The molecule has 0 spiro atoms. The van der Waals surface area contributed by atoms with Crippen molar-refractivity contribution in [3.63, 3.8) is 0 Å². The van der Waals surface area contributed by atoms with E-state index in [0.717, 1.165) is 29.3 Å². The van der Waals surface area contributed by atoms with Gasteiger partial charge in [-0.15, -0.1) is 0 Å². The van der Waals surface area contributed by atoms with E-state index in [1.807, 2.05) is 12.1 Å². The lowest BCUT2D eigenvalue weighted by atomic mass is 10.1. The average molecular weight is 312 g/mol. The maximum absolute atomic E-state index is 6.11. The molecular weight excluding hydrogens is 292 g/mol. The molecule has 3 rings (SSSR count). The molecule has 0 aliphatic rings. The zero-order chi connectivity index (χ0) is 15.5. The summed E-state index contributed by atoms with van der Waals surface area (Å²) in [6.07, 6.45) is 1.03. The Morgan fingerprint density at radius 3 is 2.59 bits per heavy atom. The number of benzene rings is 2. The molecule has 0 atom stereocenters. The third-order valence-electron chi connectivity index (χ3n) is 4.01. The van der Waals surface area contributed by atoms with Gasteiger partial charge in [-0.2, -0.15) is 0 Å². The summed E-state index contributed by atoms with van der Waals surface area (Å²) in [6, 6.07) is 18.7. The highest BCUT2D eigenvalue weighted by Crippen LogP contribution is 2.21. The van der Waals surface area contributed by atoms with Crippen LogP contribution in [0.25, 0.3) is 10.9 Å². The van der Waals surface area contributed by atoms with Crippen LogP contribution in [0.2, 0.25) is 5.02 Å². The summed E-state index contributed by atoms with van der Waals surface area (Å²) >= 11 is 6.11. The minimum absolute atomic E-state index is 0.757. The lowest BCUT2D eigenvalue weighted by Crippen LogP contribution is -2.27. The predicted octanol–water partition coefficient (Wildman–Crippen LogP) is 4.29. The van der Waals surface area contributed by atoms with Gasteiger partial charge in [0.2, 0.25) is 0 Å². The van der Waals surface area contributed by atoms with Crippen LogP contribution in [0.4, 0.5) is 5.82 Å². The van der Waals surface area contributed by atoms with Crippen molar-refractivity contribution in [2.75, 3.05) is 18.5 Å². The normalized spacial score (nSPS) is 10.9. The molecule has 3 heteroatoms. The molecule has 0 aliphatic carbocycles. The van der Waals surface area contributed by atoms with Crippen molar-refractivity contribution in [1.82, 2.24) is 0 Å². The van der Waals surface area contributed by atoms with Crippen LogP contribution in [0.15, 0.2) is 54.6 Å². The molecule has 0 amide bonds. The van der Waals surface area contributed by atoms with E-state index >= 15 is 0 Å². The fraction of sp³-hybridized carbons (Fsp3) is 0.211. The van der Waals surface area contributed by atoms with E-state index in [-0.39, 0.29) is 0 Å². The molecular formula is C19H20ClN2+. The molecule has 2 nitrogen and oxygen atoms in total. The second-order valence-corrected chi connectivity index (χ2v) is 6.12. The monoisotopic (exact) mass is 311 g/mol. The Labute approximate surface area is 136 Å². The maximum atomic E-state index is 6.11. The Balaban J connectivity index is 1.83. The van der Waals surface area contributed by atoms with Gasteiger partial charge in [-0.1, -0.05) is 41.9 Å². The first kappa shape index (κ1) is 14.9. The van der Waals surface area contributed by atoms with Gasteiger partial charge in [-0.05, 0) is 30.2 Å². The van der Waals surface area contributed by atoms with Gasteiger partial charge < -0.3 is 0 Å². The Hall–Kier alpha value is -2.06. The summed E-state index contributed by atoms with van der Waals surface area (Å²) in [7, 11) is 2.12. The first-order valence-electron chi connectivity index (χ1n) is 7.51. The summed E-state index contributed by atoms with van der Waals surface area (Å²) in [5.74, 6) is 1.11. The molecule has 0 radical (unpaired) electrons. The van der Waals surface area contributed by atoms with Crippen LogP contribution < -0.4 is 9.88 Å². The van der Waals surface area contributed by atoms with Crippen molar-refractivity contribution in [2.24, 2.45) is 0 Å². The molecule has 0 unspecified atom stereocenters. The molecule has 0 bridgehead atoms. The van der Waals surface area contributed by atoms with Crippen molar-refractivity contribution in [1.29, 1.82) is 0 Å². The van der Waals surface area contributed by atoms with Crippen molar-refractivity contribution in [2.45, 2.75) is 13.3 Å². The van der Waals surface area contributed by atoms with E-state index in [0.29, 0.717) is 0 Å².